The van der Waals surface area contributed by atoms with Gasteiger partial charge in [-0.05, 0) is 43.3 Å². The quantitative estimate of drug-likeness (QED) is 0.781. The minimum absolute atomic E-state index is 0.0657. The summed E-state index contributed by atoms with van der Waals surface area (Å²) in [6.07, 6.45) is 0. The van der Waals surface area contributed by atoms with Crippen LogP contribution in [0.25, 0.3) is 0 Å². The average molecular weight is 255 g/mol. The third kappa shape index (κ3) is 2.76. The summed E-state index contributed by atoms with van der Waals surface area (Å²) < 4.78 is 5.14. The third-order valence-corrected chi connectivity index (χ3v) is 3.10. The number of methoxy groups -OCH3 is 1. The summed E-state index contributed by atoms with van der Waals surface area (Å²) in [5.41, 5.74) is 2.63. The second kappa shape index (κ2) is 5.57. The number of anilines is 2. The molecule has 0 atom stereocenters. The van der Waals surface area contributed by atoms with Crippen molar-refractivity contribution in [3.63, 3.8) is 0 Å². The SMILES string of the molecule is COc1ccc(N(C)c2ccccc2C(C)=O)cc1. The van der Waals surface area contributed by atoms with E-state index in [9.17, 15) is 4.79 Å². The average Bonchev–Trinajstić information content (AvgIpc) is 2.46. The molecule has 0 saturated carbocycles. The molecule has 98 valence electrons. The Labute approximate surface area is 113 Å². The molecule has 2 rings (SSSR count). The molecule has 2 aromatic carbocycles. The van der Waals surface area contributed by atoms with Crippen LogP contribution in [0.4, 0.5) is 11.4 Å². The zero-order valence-electron chi connectivity index (χ0n) is 11.4. The second-order valence-electron chi connectivity index (χ2n) is 4.33. The Hall–Kier alpha value is -2.29. The van der Waals surface area contributed by atoms with E-state index < -0.39 is 0 Å². The summed E-state index contributed by atoms with van der Waals surface area (Å²) in [5, 5.41) is 0. The van der Waals surface area contributed by atoms with Gasteiger partial charge in [0.05, 0.1) is 12.8 Å². The lowest BCUT2D eigenvalue weighted by Crippen LogP contribution is -2.13. The zero-order valence-corrected chi connectivity index (χ0v) is 11.4. The molecule has 0 aliphatic heterocycles. The normalized spacial score (nSPS) is 10.1. The van der Waals surface area contributed by atoms with Crippen molar-refractivity contribution in [1.29, 1.82) is 0 Å². The van der Waals surface area contributed by atoms with Gasteiger partial charge >= 0.3 is 0 Å². The van der Waals surface area contributed by atoms with Crippen molar-refractivity contribution in [1.82, 2.24) is 0 Å². The lowest BCUT2D eigenvalue weighted by atomic mass is 10.1. The summed E-state index contributed by atoms with van der Waals surface area (Å²) in [7, 11) is 3.59. The fraction of sp³-hybridized carbons (Fsp3) is 0.188. The van der Waals surface area contributed by atoms with Crippen LogP contribution < -0.4 is 9.64 Å². The van der Waals surface area contributed by atoms with Crippen molar-refractivity contribution >= 4 is 17.2 Å². The number of carbonyl (C=O) groups excluding carboxylic acids is 1. The van der Waals surface area contributed by atoms with E-state index >= 15 is 0 Å². The van der Waals surface area contributed by atoms with Gasteiger partial charge in [0.1, 0.15) is 5.75 Å². The Balaban J connectivity index is 2.37. The molecule has 3 heteroatoms. The maximum Gasteiger partial charge on any atom is 0.161 e. The third-order valence-electron chi connectivity index (χ3n) is 3.10. The highest BCUT2D eigenvalue weighted by Gasteiger charge is 2.11. The minimum atomic E-state index is 0.0657. The number of Topliss-reactive ketones (excluding diaryl/α,β-unsaturated/α-hetero) is 1. The van der Waals surface area contributed by atoms with Crippen LogP contribution in [0.3, 0.4) is 0 Å². The first-order valence-electron chi connectivity index (χ1n) is 6.11. The Bertz CT molecular complexity index is 576. The van der Waals surface area contributed by atoms with Crippen molar-refractivity contribution in [3.8, 4) is 5.75 Å². The maximum absolute atomic E-state index is 11.7. The topological polar surface area (TPSA) is 29.5 Å². The van der Waals surface area contributed by atoms with Gasteiger partial charge in [-0.3, -0.25) is 4.79 Å². The Morgan fingerprint density at radius 3 is 2.26 bits per heavy atom. The first kappa shape index (κ1) is 13.1. The minimum Gasteiger partial charge on any atom is -0.497 e. The smallest absolute Gasteiger partial charge is 0.161 e. The number of benzene rings is 2. The standard InChI is InChI=1S/C16H17NO2/c1-12(18)15-6-4-5-7-16(15)17(2)13-8-10-14(19-3)11-9-13/h4-11H,1-3H3. The van der Waals surface area contributed by atoms with Gasteiger partial charge in [0.2, 0.25) is 0 Å². The first-order valence-corrected chi connectivity index (χ1v) is 6.11. The predicted molar refractivity (Wildman–Crippen MR) is 77.5 cm³/mol. The van der Waals surface area contributed by atoms with E-state index in [1.54, 1.807) is 14.0 Å². The van der Waals surface area contributed by atoms with E-state index in [2.05, 4.69) is 0 Å². The van der Waals surface area contributed by atoms with Crippen LogP contribution in [-0.2, 0) is 0 Å². The van der Waals surface area contributed by atoms with Gasteiger partial charge in [0, 0.05) is 18.3 Å². The van der Waals surface area contributed by atoms with Crippen LogP contribution in [0.5, 0.6) is 5.75 Å². The number of ketones is 1. The number of hydrogen-bond donors (Lipinski definition) is 0. The van der Waals surface area contributed by atoms with E-state index in [0.29, 0.717) is 0 Å². The molecular weight excluding hydrogens is 238 g/mol. The Morgan fingerprint density at radius 1 is 1.05 bits per heavy atom. The van der Waals surface area contributed by atoms with Crippen molar-refractivity contribution in [3.05, 3.63) is 54.1 Å². The molecule has 0 aliphatic carbocycles. The van der Waals surface area contributed by atoms with E-state index in [4.69, 9.17) is 4.74 Å². The molecule has 0 spiro atoms. The molecule has 0 aliphatic rings. The molecule has 0 N–H and O–H groups in total. The molecule has 0 heterocycles. The maximum atomic E-state index is 11.7. The number of hydrogen-bond acceptors (Lipinski definition) is 3. The lowest BCUT2D eigenvalue weighted by molar-refractivity contribution is 0.101. The number of rotatable bonds is 4. The summed E-state index contributed by atoms with van der Waals surface area (Å²) in [6, 6.07) is 15.3. The Kier molecular flexibility index (Phi) is 3.85. The van der Waals surface area contributed by atoms with E-state index in [0.717, 1.165) is 22.7 Å². The number of nitrogens with zero attached hydrogens (tertiary/aromatic N) is 1. The fourth-order valence-electron chi connectivity index (χ4n) is 2.01. The first-order chi connectivity index (χ1) is 9.13. The van der Waals surface area contributed by atoms with E-state index in [1.165, 1.54) is 0 Å². The lowest BCUT2D eigenvalue weighted by Gasteiger charge is -2.22. The Morgan fingerprint density at radius 2 is 1.68 bits per heavy atom. The molecule has 0 unspecified atom stereocenters. The zero-order chi connectivity index (χ0) is 13.8. The highest BCUT2D eigenvalue weighted by atomic mass is 16.5. The molecule has 0 aromatic heterocycles. The van der Waals surface area contributed by atoms with Crippen LogP contribution in [0, 0.1) is 0 Å². The van der Waals surface area contributed by atoms with Gasteiger partial charge in [-0.15, -0.1) is 0 Å². The molecule has 3 nitrogen and oxygen atoms in total. The van der Waals surface area contributed by atoms with Crippen LogP contribution >= 0.6 is 0 Å². The molecule has 0 radical (unpaired) electrons. The van der Waals surface area contributed by atoms with Crippen molar-refractivity contribution in [2.24, 2.45) is 0 Å². The monoisotopic (exact) mass is 255 g/mol. The molecule has 2 aromatic rings. The van der Waals surface area contributed by atoms with Gasteiger partial charge in [0.25, 0.3) is 0 Å². The largest absolute Gasteiger partial charge is 0.497 e. The van der Waals surface area contributed by atoms with Gasteiger partial charge in [-0.25, -0.2) is 0 Å². The molecule has 0 saturated heterocycles. The summed E-state index contributed by atoms with van der Waals surface area (Å²) in [4.78, 5) is 13.7. The van der Waals surface area contributed by atoms with Crippen molar-refractivity contribution in [2.45, 2.75) is 6.92 Å². The summed E-state index contributed by atoms with van der Waals surface area (Å²) in [6.45, 7) is 1.58. The molecule has 0 fully saturated rings. The number of ether oxygens (including phenoxy) is 1. The van der Waals surface area contributed by atoms with Crippen LogP contribution in [0.2, 0.25) is 0 Å². The molecular formula is C16H17NO2. The van der Waals surface area contributed by atoms with Crippen molar-refractivity contribution < 1.29 is 9.53 Å². The van der Waals surface area contributed by atoms with Crippen LogP contribution in [0.15, 0.2) is 48.5 Å². The predicted octanol–water partition coefficient (Wildman–Crippen LogP) is 3.67. The number of carbonyl (C=O) groups is 1. The molecule has 19 heavy (non-hydrogen) atoms. The van der Waals surface area contributed by atoms with Gasteiger partial charge in [0.15, 0.2) is 5.78 Å². The highest BCUT2D eigenvalue weighted by molar-refractivity contribution is 6.00. The van der Waals surface area contributed by atoms with E-state index in [-0.39, 0.29) is 5.78 Å². The fourth-order valence-corrected chi connectivity index (χ4v) is 2.01. The van der Waals surface area contributed by atoms with Gasteiger partial charge in [-0.2, -0.15) is 0 Å². The molecule has 0 bridgehead atoms. The van der Waals surface area contributed by atoms with Crippen LogP contribution in [-0.4, -0.2) is 19.9 Å². The molecule has 0 amide bonds. The second-order valence-corrected chi connectivity index (χ2v) is 4.33. The van der Waals surface area contributed by atoms with Gasteiger partial charge in [-0.1, -0.05) is 12.1 Å². The number of para-hydroxylation sites is 1. The highest BCUT2D eigenvalue weighted by Crippen LogP contribution is 2.28. The van der Waals surface area contributed by atoms with Crippen molar-refractivity contribution in [2.75, 3.05) is 19.1 Å². The van der Waals surface area contributed by atoms with Gasteiger partial charge < -0.3 is 9.64 Å². The summed E-state index contributed by atoms with van der Waals surface area (Å²) >= 11 is 0. The summed E-state index contributed by atoms with van der Waals surface area (Å²) in [5.74, 6) is 0.882. The van der Waals surface area contributed by atoms with Crippen LogP contribution in [0.1, 0.15) is 17.3 Å². The van der Waals surface area contributed by atoms with E-state index in [1.807, 2.05) is 60.5 Å².